The number of aromatic nitrogens is 3. The van der Waals surface area contributed by atoms with E-state index in [-0.39, 0.29) is 0 Å². The van der Waals surface area contributed by atoms with Crippen LogP contribution in [0.2, 0.25) is 0 Å². The minimum Gasteiger partial charge on any atom is -0.397 e. The molecular weight excluding hydrogens is 481 g/mol. The summed E-state index contributed by atoms with van der Waals surface area (Å²) in [4.78, 5) is 14.7. The summed E-state index contributed by atoms with van der Waals surface area (Å²) < 4.78 is 12.7. The van der Waals surface area contributed by atoms with Gasteiger partial charge in [0.25, 0.3) is 0 Å². The van der Waals surface area contributed by atoms with E-state index >= 15 is 0 Å². The second-order valence-electron chi connectivity index (χ2n) is 10.8. The van der Waals surface area contributed by atoms with Gasteiger partial charge in [-0.15, -0.1) is 0 Å². The molecule has 0 radical (unpaired) electrons. The SMILES string of the molecule is CC1(C)OB(c2nc(-c3ccccc3)nc(-c3cc(-c4ccccc4)cc(-c4ccccc4)c3)n2)OC1(C)C. The van der Waals surface area contributed by atoms with E-state index in [9.17, 15) is 0 Å². The molecule has 0 unspecified atom stereocenters. The summed E-state index contributed by atoms with van der Waals surface area (Å²) in [6.45, 7) is 8.12. The van der Waals surface area contributed by atoms with E-state index < -0.39 is 18.3 Å². The van der Waals surface area contributed by atoms with Gasteiger partial charge in [-0.25, -0.2) is 15.0 Å². The van der Waals surface area contributed by atoms with Crippen LogP contribution in [0.15, 0.2) is 109 Å². The van der Waals surface area contributed by atoms with Crippen molar-refractivity contribution in [2.24, 2.45) is 0 Å². The van der Waals surface area contributed by atoms with E-state index in [1.165, 1.54) is 0 Å². The Kier molecular flexibility index (Phi) is 6.38. The molecular formula is C33H30BN3O2. The summed E-state index contributed by atoms with van der Waals surface area (Å²) in [7, 11) is -0.704. The quantitative estimate of drug-likeness (QED) is 0.242. The number of rotatable bonds is 5. The van der Waals surface area contributed by atoms with Crippen LogP contribution in [0.5, 0.6) is 0 Å². The molecule has 6 heteroatoms. The molecule has 1 aliphatic heterocycles. The second kappa shape index (κ2) is 9.88. The van der Waals surface area contributed by atoms with Gasteiger partial charge in [-0.05, 0) is 68.1 Å². The number of hydrogen-bond acceptors (Lipinski definition) is 5. The minimum atomic E-state index is -0.704. The average Bonchev–Trinajstić information content (AvgIpc) is 3.20. The van der Waals surface area contributed by atoms with E-state index in [0.717, 1.165) is 33.4 Å². The molecule has 2 heterocycles. The Labute approximate surface area is 230 Å². The van der Waals surface area contributed by atoms with Crippen molar-refractivity contribution in [1.82, 2.24) is 15.0 Å². The molecule has 1 aromatic heterocycles. The predicted octanol–water partition coefficient (Wildman–Crippen LogP) is 6.84. The summed E-state index contributed by atoms with van der Waals surface area (Å²) in [5.41, 5.74) is 5.67. The smallest absolute Gasteiger partial charge is 0.397 e. The molecule has 5 aromatic rings. The highest BCUT2D eigenvalue weighted by molar-refractivity contribution is 6.60. The normalized spacial score (nSPS) is 15.8. The van der Waals surface area contributed by atoms with Crippen molar-refractivity contribution >= 4 is 12.8 Å². The molecule has 0 bridgehead atoms. The van der Waals surface area contributed by atoms with Gasteiger partial charge in [0.15, 0.2) is 17.4 Å². The van der Waals surface area contributed by atoms with Crippen molar-refractivity contribution in [3.63, 3.8) is 0 Å². The van der Waals surface area contributed by atoms with Crippen LogP contribution in [0.3, 0.4) is 0 Å². The van der Waals surface area contributed by atoms with Gasteiger partial charge in [-0.1, -0.05) is 91.0 Å². The molecule has 6 rings (SSSR count). The maximum atomic E-state index is 6.34. The van der Waals surface area contributed by atoms with Gasteiger partial charge in [-0.3, -0.25) is 0 Å². The zero-order valence-electron chi connectivity index (χ0n) is 22.6. The maximum absolute atomic E-state index is 6.34. The summed E-state index contributed by atoms with van der Waals surface area (Å²) in [5, 5.41) is 0. The molecule has 0 amide bonds. The maximum Gasteiger partial charge on any atom is 0.534 e. The Bertz CT molecular complexity index is 1530. The van der Waals surface area contributed by atoms with E-state index in [4.69, 9.17) is 24.3 Å². The van der Waals surface area contributed by atoms with Gasteiger partial charge in [-0.2, -0.15) is 0 Å². The fraction of sp³-hybridized carbons (Fsp3) is 0.182. The predicted molar refractivity (Wildman–Crippen MR) is 157 cm³/mol. The van der Waals surface area contributed by atoms with Crippen molar-refractivity contribution in [2.75, 3.05) is 0 Å². The van der Waals surface area contributed by atoms with E-state index in [2.05, 4.69) is 66.7 Å². The van der Waals surface area contributed by atoms with Crippen LogP contribution in [-0.2, 0) is 9.31 Å². The first kappa shape index (κ1) is 25.2. The average molecular weight is 511 g/mol. The van der Waals surface area contributed by atoms with Crippen molar-refractivity contribution in [2.45, 2.75) is 38.9 Å². The highest BCUT2D eigenvalue weighted by Gasteiger charge is 2.53. The Morgan fingerprint density at radius 2 is 0.846 bits per heavy atom. The number of benzene rings is 4. The van der Waals surface area contributed by atoms with Crippen molar-refractivity contribution in [1.29, 1.82) is 0 Å². The standard InChI is InChI=1S/C33H30BN3O2/c1-32(2)33(3,4)39-34(38-32)31-36-29(25-18-12-7-13-19-25)35-30(37-31)28-21-26(23-14-8-5-9-15-23)20-27(22-28)24-16-10-6-11-17-24/h5-22H,1-4H3. The first-order valence-corrected chi connectivity index (χ1v) is 13.2. The molecule has 0 spiro atoms. The lowest BCUT2D eigenvalue weighted by Gasteiger charge is -2.32. The van der Waals surface area contributed by atoms with Crippen LogP contribution in [0, 0.1) is 0 Å². The lowest BCUT2D eigenvalue weighted by molar-refractivity contribution is 0.00578. The molecule has 1 aliphatic rings. The third-order valence-electron chi connectivity index (χ3n) is 7.55. The lowest BCUT2D eigenvalue weighted by Crippen LogP contribution is -2.41. The summed E-state index contributed by atoms with van der Waals surface area (Å²) in [6.07, 6.45) is 0. The van der Waals surface area contributed by atoms with Crippen LogP contribution in [-0.4, -0.2) is 33.3 Å². The van der Waals surface area contributed by atoms with E-state index in [0.29, 0.717) is 17.4 Å². The topological polar surface area (TPSA) is 57.1 Å². The van der Waals surface area contributed by atoms with Gasteiger partial charge in [0.05, 0.1) is 11.2 Å². The summed E-state index contributed by atoms with van der Waals surface area (Å²) >= 11 is 0. The molecule has 1 fully saturated rings. The van der Waals surface area contributed by atoms with Gasteiger partial charge in [0.2, 0.25) is 0 Å². The van der Waals surface area contributed by atoms with Gasteiger partial charge in [0.1, 0.15) is 0 Å². The number of hydrogen-bond donors (Lipinski definition) is 0. The number of nitrogens with zero attached hydrogens (tertiary/aromatic N) is 3. The van der Waals surface area contributed by atoms with Crippen LogP contribution in [0.25, 0.3) is 45.0 Å². The van der Waals surface area contributed by atoms with Crippen LogP contribution in [0.1, 0.15) is 27.7 Å². The second-order valence-corrected chi connectivity index (χ2v) is 10.8. The largest absolute Gasteiger partial charge is 0.534 e. The Morgan fingerprint density at radius 3 is 1.31 bits per heavy atom. The highest BCUT2D eigenvalue weighted by atomic mass is 16.7. The van der Waals surface area contributed by atoms with Gasteiger partial charge >= 0.3 is 7.12 Å². The first-order chi connectivity index (χ1) is 18.8. The van der Waals surface area contributed by atoms with Crippen molar-refractivity contribution < 1.29 is 9.31 Å². The van der Waals surface area contributed by atoms with Gasteiger partial charge < -0.3 is 9.31 Å². The fourth-order valence-electron chi connectivity index (χ4n) is 4.64. The van der Waals surface area contributed by atoms with Crippen LogP contribution >= 0.6 is 0 Å². The zero-order valence-corrected chi connectivity index (χ0v) is 22.6. The van der Waals surface area contributed by atoms with E-state index in [1.807, 2.05) is 70.2 Å². The third kappa shape index (κ3) is 5.01. The monoisotopic (exact) mass is 511 g/mol. The summed E-state index contributed by atoms with van der Waals surface area (Å²) in [6, 6.07) is 37.2. The summed E-state index contributed by atoms with van der Waals surface area (Å²) in [5.74, 6) is 1.15. The van der Waals surface area contributed by atoms with Crippen LogP contribution < -0.4 is 5.72 Å². The Balaban J connectivity index is 1.54. The molecule has 1 saturated heterocycles. The zero-order chi connectivity index (χ0) is 27.0. The Morgan fingerprint density at radius 1 is 0.462 bits per heavy atom. The molecule has 39 heavy (non-hydrogen) atoms. The molecule has 5 nitrogen and oxygen atoms in total. The van der Waals surface area contributed by atoms with Crippen LogP contribution in [0.4, 0.5) is 0 Å². The third-order valence-corrected chi connectivity index (χ3v) is 7.55. The minimum absolute atomic E-state index is 0.462. The molecule has 0 aliphatic carbocycles. The van der Waals surface area contributed by atoms with Crippen molar-refractivity contribution in [3.8, 4) is 45.0 Å². The lowest BCUT2D eigenvalue weighted by atomic mass is 9.88. The van der Waals surface area contributed by atoms with Crippen molar-refractivity contribution in [3.05, 3.63) is 109 Å². The molecule has 0 N–H and O–H groups in total. The molecule has 0 atom stereocenters. The first-order valence-electron chi connectivity index (χ1n) is 13.2. The Hall–Kier alpha value is -4.13. The molecule has 0 saturated carbocycles. The van der Waals surface area contributed by atoms with Gasteiger partial charge in [0, 0.05) is 11.1 Å². The molecule has 192 valence electrons. The highest BCUT2D eigenvalue weighted by Crippen LogP contribution is 2.37. The molecule has 4 aromatic carbocycles. The fourth-order valence-corrected chi connectivity index (χ4v) is 4.64. The van der Waals surface area contributed by atoms with E-state index in [1.54, 1.807) is 0 Å².